The fraction of sp³-hybridized carbons (Fsp3) is 0.444. The van der Waals surface area contributed by atoms with E-state index < -0.39 is 0 Å². The number of likely N-dealkylation sites (N-methyl/N-ethyl adjacent to an activating group) is 1. The molecule has 2 aromatic rings. The SMILES string of the molecule is CNC[C@H]1CCCN1C(=O)CCc1ncc(-c2ccccc2Br)o1. The van der Waals surface area contributed by atoms with Crippen LogP contribution in [-0.2, 0) is 11.2 Å². The number of rotatable bonds is 6. The maximum absolute atomic E-state index is 12.5. The molecule has 5 nitrogen and oxygen atoms in total. The van der Waals surface area contributed by atoms with Crippen molar-refractivity contribution >= 4 is 21.8 Å². The Hall–Kier alpha value is -1.66. The Bertz CT molecular complexity index is 701. The van der Waals surface area contributed by atoms with Gasteiger partial charge in [-0.15, -0.1) is 0 Å². The van der Waals surface area contributed by atoms with Crippen molar-refractivity contribution < 1.29 is 9.21 Å². The minimum absolute atomic E-state index is 0.188. The van der Waals surface area contributed by atoms with Gasteiger partial charge in [-0.2, -0.15) is 0 Å². The van der Waals surface area contributed by atoms with Gasteiger partial charge in [0.25, 0.3) is 0 Å². The molecule has 128 valence electrons. The van der Waals surface area contributed by atoms with Crippen LogP contribution in [0.3, 0.4) is 0 Å². The Morgan fingerprint density at radius 2 is 2.29 bits per heavy atom. The van der Waals surface area contributed by atoms with Crippen LogP contribution in [0.15, 0.2) is 39.4 Å². The van der Waals surface area contributed by atoms with E-state index in [1.807, 2.05) is 36.2 Å². The molecule has 1 fully saturated rings. The molecule has 1 aliphatic rings. The Morgan fingerprint density at radius 3 is 3.08 bits per heavy atom. The minimum atomic E-state index is 0.188. The summed E-state index contributed by atoms with van der Waals surface area (Å²) < 4.78 is 6.78. The fourth-order valence-corrected chi connectivity index (χ4v) is 3.66. The Kier molecular flexibility index (Phi) is 5.68. The van der Waals surface area contributed by atoms with Gasteiger partial charge in [0.2, 0.25) is 5.91 Å². The molecule has 1 saturated heterocycles. The summed E-state index contributed by atoms with van der Waals surface area (Å²) in [5, 5.41) is 3.17. The summed E-state index contributed by atoms with van der Waals surface area (Å²) in [5.41, 5.74) is 0.969. The quantitative estimate of drug-likeness (QED) is 0.820. The molecule has 0 aliphatic carbocycles. The number of carbonyl (C=O) groups excluding carboxylic acids is 1. The maximum Gasteiger partial charge on any atom is 0.223 e. The maximum atomic E-state index is 12.5. The van der Waals surface area contributed by atoms with Gasteiger partial charge in [0.1, 0.15) is 0 Å². The summed E-state index contributed by atoms with van der Waals surface area (Å²) in [6.07, 6.45) is 4.86. The predicted octanol–water partition coefficient (Wildman–Crippen LogP) is 3.25. The summed E-state index contributed by atoms with van der Waals surface area (Å²) in [4.78, 5) is 18.8. The molecule has 1 aliphatic heterocycles. The second-order valence-corrected chi connectivity index (χ2v) is 6.89. The molecule has 0 saturated carbocycles. The normalized spacial score (nSPS) is 17.4. The highest BCUT2D eigenvalue weighted by atomic mass is 79.9. The first-order chi connectivity index (χ1) is 11.7. The van der Waals surface area contributed by atoms with Gasteiger partial charge in [0.15, 0.2) is 11.7 Å². The number of nitrogens with zero attached hydrogens (tertiary/aromatic N) is 2. The largest absolute Gasteiger partial charge is 0.441 e. The Morgan fingerprint density at radius 1 is 1.46 bits per heavy atom. The predicted molar refractivity (Wildman–Crippen MR) is 96.6 cm³/mol. The molecule has 1 aromatic heterocycles. The van der Waals surface area contributed by atoms with Gasteiger partial charge in [0, 0.05) is 42.0 Å². The van der Waals surface area contributed by atoms with E-state index in [-0.39, 0.29) is 5.91 Å². The lowest BCUT2D eigenvalue weighted by molar-refractivity contribution is -0.131. The topological polar surface area (TPSA) is 58.4 Å². The first-order valence-electron chi connectivity index (χ1n) is 8.32. The Labute approximate surface area is 150 Å². The number of amides is 1. The molecule has 1 aromatic carbocycles. The van der Waals surface area contributed by atoms with Crippen LogP contribution in [0.4, 0.5) is 0 Å². The van der Waals surface area contributed by atoms with Gasteiger partial charge in [-0.3, -0.25) is 4.79 Å². The fourth-order valence-electron chi connectivity index (χ4n) is 3.18. The van der Waals surface area contributed by atoms with Gasteiger partial charge in [-0.1, -0.05) is 34.1 Å². The van der Waals surface area contributed by atoms with E-state index in [0.717, 1.165) is 41.7 Å². The van der Waals surface area contributed by atoms with Crippen molar-refractivity contribution in [3.63, 3.8) is 0 Å². The van der Waals surface area contributed by atoms with Gasteiger partial charge in [-0.25, -0.2) is 4.98 Å². The van der Waals surface area contributed by atoms with Crippen LogP contribution in [-0.4, -0.2) is 42.0 Å². The smallest absolute Gasteiger partial charge is 0.223 e. The average molecular weight is 392 g/mol. The molecular weight excluding hydrogens is 370 g/mol. The number of aromatic nitrogens is 1. The van der Waals surface area contributed by atoms with Crippen molar-refractivity contribution in [3.05, 3.63) is 40.8 Å². The van der Waals surface area contributed by atoms with Gasteiger partial charge in [0.05, 0.1) is 6.20 Å². The van der Waals surface area contributed by atoms with Crippen molar-refractivity contribution in [1.82, 2.24) is 15.2 Å². The highest BCUT2D eigenvalue weighted by Crippen LogP contribution is 2.28. The lowest BCUT2D eigenvalue weighted by atomic mass is 10.2. The van der Waals surface area contributed by atoms with Gasteiger partial charge < -0.3 is 14.6 Å². The molecule has 1 amide bonds. The third-order valence-electron chi connectivity index (χ3n) is 4.38. The van der Waals surface area contributed by atoms with E-state index >= 15 is 0 Å². The molecule has 2 heterocycles. The zero-order valence-corrected chi connectivity index (χ0v) is 15.4. The third-order valence-corrected chi connectivity index (χ3v) is 5.07. The summed E-state index contributed by atoms with van der Waals surface area (Å²) in [7, 11) is 1.93. The molecular formula is C18H22BrN3O2. The molecule has 24 heavy (non-hydrogen) atoms. The summed E-state index contributed by atoms with van der Waals surface area (Å²) in [5.74, 6) is 1.52. The molecule has 0 spiro atoms. The van der Waals surface area contributed by atoms with E-state index in [4.69, 9.17) is 4.42 Å². The van der Waals surface area contributed by atoms with E-state index in [2.05, 4.69) is 26.2 Å². The number of aryl methyl sites for hydroxylation is 1. The minimum Gasteiger partial charge on any atom is -0.441 e. The van der Waals surface area contributed by atoms with Crippen LogP contribution < -0.4 is 5.32 Å². The van der Waals surface area contributed by atoms with Crippen LogP contribution in [0.25, 0.3) is 11.3 Å². The summed E-state index contributed by atoms with van der Waals surface area (Å²) >= 11 is 3.52. The van der Waals surface area contributed by atoms with Crippen LogP contribution >= 0.6 is 15.9 Å². The third kappa shape index (κ3) is 3.87. The number of hydrogen-bond acceptors (Lipinski definition) is 4. The zero-order valence-electron chi connectivity index (χ0n) is 13.8. The Balaban J connectivity index is 1.59. The summed E-state index contributed by atoms with van der Waals surface area (Å²) in [6.45, 7) is 1.72. The highest BCUT2D eigenvalue weighted by molar-refractivity contribution is 9.10. The monoisotopic (exact) mass is 391 g/mol. The zero-order chi connectivity index (χ0) is 16.9. The van der Waals surface area contributed by atoms with Gasteiger partial charge in [-0.05, 0) is 26.0 Å². The number of hydrogen-bond donors (Lipinski definition) is 1. The van der Waals surface area contributed by atoms with Crippen LogP contribution in [0.2, 0.25) is 0 Å². The molecule has 0 unspecified atom stereocenters. The number of halogens is 1. The van der Waals surface area contributed by atoms with Crippen molar-refractivity contribution in [2.24, 2.45) is 0 Å². The number of carbonyl (C=O) groups is 1. The lowest BCUT2D eigenvalue weighted by Gasteiger charge is -2.24. The van der Waals surface area contributed by atoms with Crippen LogP contribution in [0.1, 0.15) is 25.2 Å². The molecule has 0 bridgehead atoms. The van der Waals surface area contributed by atoms with E-state index in [1.54, 1.807) is 6.20 Å². The first-order valence-corrected chi connectivity index (χ1v) is 9.12. The second-order valence-electron chi connectivity index (χ2n) is 6.04. The van der Waals surface area contributed by atoms with Crippen molar-refractivity contribution in [2.45, 2.75) is 31.7 Å². The van der Waals surface area contributed by atoms with E-state index in [1.165, 1.54) is 0 Å². The highest BCUT2D eigenvalue weighted by Gasteiger charge is 2.27. The average Bonchev–Trinajstić information content (AvgIpc) is 3.23. The van der Waals surface area contributed by atoms with Crippen LogP contribution in [0, 0.1) is 0 Å². The molecule has 0 radical (unpaired) electrons. The lowest BCUT2D eigenvalue weighted by Crippen LogP contribution is -2.40. The van der Waals surface area contributed by atoms with Crippen molar-refractivity contribution in [2.75, 3.05) is 20.1 Å². The molecule has 1 N–H and O–H groups in total. The first kappa shape index (κ1) is 17.2. The van der Waals surface area contributed by atoms with Crippen molar-refractivity contribution in [3.8, 4) is 11.3 Å². The molecule has 1 atom stereocenters. The van der Waals surface area contributed by atoms with E-state index in [0.29, 0.717) is 24.8 Å². The van der Waals surface area contributed by atoms with E-state index in [9.17, 15) is 4.79 Å². The van der Waals surface area contributed by atoms with Crippen LogP contribution in [0.5, 0.6) is 0 Å². The number of benzene rings is 1. The number of nitrogens with one attached hydrogen (secondary N) is 1. The standard InChI is InChI=1S/C18H22BrN3O2/c1-20-11-13-5-4-10-22(13)18(23)9-8-17-21-12-16(24-17)14-6-2-3-7-15(14)19/h2-3,6-7,12-13,20H,4-5,8-11H2,1H3/t13-/m1/s1. The second kappa shape index (κ2) is 7.94. The summed E-state index contributed by atoms with van der Waals surface area (Å²) in [6, 6.07) is 8.19. The van der Waals surface area contributed by atoms with Gasteiger partial charge >= 0.3 is 0 Å². The molecule has 3 rings (SSSR count). The number of oxazole rings is 1. The molecule has 6 heteroatoms. The number of likely N-dealkylation sites (tertiary alicyclic amines) is 1. The van der Waals surface area contributed by atoms with Crippen molar-refractivity contribution in [1.29, 1.82) is 0 Å².